The van der Waals surface area contributed by atoms with Crippen LogP contribution in [0.5, 0.6) is 0 Å². The normalized spacial score (nSPS) is 28.6. The van der Waals surface area contributed by atoms with Crippen LogP contribution in [0.15, 0.2) is 35.2 Å². The van der Waals surface area contributed by atoms with Gasteiger partial charge >= 0.3 is 0 Å². The van der Waals surface area contributed by atoms with E-state index >= 15 is 0 Å². The minimum atomic E-state index is 0.141. The summed E-state index contributed by atoms with van der Waals surface area (Å²) < 4.78 is 6.36. The lowest BCUT2D eigenvalue weighted by atomic mass is 9.76. The lowest BCUT2D eigenvalue weighted by molar-refractivity contribution is -0.0231. The van der Waals surface area contributed by atoms with E-state index in [2.05, 4.69) is 44.2 Å². The van der Waals surface area contributed by atoms with Crippen molar-refractivity contribution in [3.05, 3.63) is 30.3 Å². The van der Waals surface area contributed by atoms with E-state index in [1.807, 2.05) is 11.8 Å². The quantitative estimate of drug-likeness (QED) is 0.759. The van der Waals surface area contributed by atoms with Crippen molar-refractivity contribution in [1.82, 2.24) is 0 Å². The molecule has 0 amide bonds. The number of thioether (sulfide) groups is 1. The molecule has 2 heteroatoms. The molecule has 0 aromatic heterocycles. The van der Waals surface area contributed by atoms with Gasteiger partial charge in [-0.25, -0.2) is 0 Å². The van der Waals surface area contributed by atoms with Gasteiger partial charge in [0.25, 0.3) is 0 Å². The summed E-state index contributed by atoms with van der Waals surface area (Å²) in [6.07, 6.45) is 6.56. The zero-order valence-corrected chi connectivity index (χ0v) is 12.8. The summed E-state index contributed by atoms with van der Waals surface area (Å²) in [4.78, 5) is 1.39. The Balaban J connectivity index is 1.85. The highest BCUT2D eigenvalue weighted by Crippen LogP contribution is 2.54. The van der Waals surface area contributed by atoms with E-state index in [4.69, 9.17) is 4.74 Å². The summed E-state index contributed by atoms with van der Waals surface area (Å²) in [5.74, 6) is 0. The Morgan fingerprint density at radius 1 is 1.05 bits per heavy atom. The number of rotatable bonds is 2. The van der Waals surface area contributed by atoms with Gasteiger partial charge < -0.3 is 4.74 Å². The lowest BCUT2D eigenvalue weighted by Gasteiger charge is -2.40. The van der Waals surface area contributed by atoms with Crippen molar-refractivity contribution in [2.75, 3.05) is 6.61 Å². The topological polar surface area (TPSA) is 9.23 Å². The number of hydrogen-bond acceptors (Lipinski definition) is 2. The van der Waals surface area contributed by atoms with Crippen LogP contribution in [0.2, 0.25) is 0 Å². The predicted octanol–water partition coefficient (Wildman–Crippen LogP) is 4.91. The Bertz CT molecular complexity index is 420. The molecule has 0 N–H and O–H groups in total. The third-order valence-electron chi connectivity index (χ3n) is 4.62. The lowest BCUT2D eigenvalue weighted by Crippen LogP contribution is -2.43. The molecule has 1 aromatic carbocycles. The van der Waals surface area contributed by atoms with Crippen molar-refractivity contribution in [2.45, 2.75) is 61.7 Å². The molecule has 19 heavy (non-hydrogen) atoms. The highest BCUT2D eigenvalue weighted by molar-refractivity contribution is 8.00. The minimum absolute atomic E-state index is 0.141. The monoisotopic (exact) mass is 276 g/mol. The Hall–Kier alpha value is -0.470. The predicted molar refractivity (Wildman–Crippen MR) is 81.6 cm³/mol. The first-order chi connectivity index (χ1) is 9.12. The third-order valence-corrected chi connectivity index (χ3v) is 6.46. The fraction of sp³-hybridized carbons (Fsp3) is 0.647. The van der Waals surface area contributed by atoms with Crippen molar-refractivity contribution < 1.29 is 4.74 Å². The molecule has 2 aliphatic rings. The number of benzene rings is 1. The van der Waals surface area contributed by atoms with Gasteiger partial charge in [-0.15, -0.1) is 11.8 Å². The summed E-state index contributed by atoms with van der Waals surface area (Å²) >= 11 is 2.04. The molecular weight excluding hydrogens is 252 g/mol. The van der Waals surface area contributed by atoms with Crippen molar-refractivity contribution >= 4 is 11.8 Å². The van der Waals surface area contributed by atoms with Crippen LogP contribution >= 0.6 is 11.8 Å². The van der Waals surface area contributed by atoms with E-state index in [1.54, 1.807) is 0 Å². The second kappa shape index (κ2) is 5.14. The van der Waals surface area contributed by atoms with Gasteiger partial charge in [-0.05, 0) is 25.0 Å². The largest absolute Gasteiger partial charge is 0.373 e. The Labute approximate surface area is 121 Å². The van der Waals surface area contributed by atoms with Crippen LogP contribution in [0, 0.1) is 5.41 Å². The first kappa shape index (κ1) is 13.5. The first-order valence-electron chi connectivity index (χ1n) is 7.48. The van der Waals surface area contributed by atoms with Crippen LogP contribution in [0.1, 0.15) is 46.0 Å². The van der Waals surface area contributed by atoms with Crippen molar-refractivity contribution in [3.63, 3.8) is 0 Å². The van der Waals surface area contributed by atoms with Crippen LogP contribution in [0.25, 0.3) is 0 Å². The summed E-state index contributed by atoms with van der Waals surface area (Å²) in [7, 11) is 0. The average Bonchev–Trinajstić information content (AvgIpc) is 2.66. The van der Waals surface area contributed by atoms with Gasteiger partial charge in [0.15, 0.2) is 0 Å². The number of ether oxygens (including phenoxy) is 1. The smallest absolute Gasteiger partial charge is 0.0810 e. The third kappa shape index (κ3) is 2.57. The van der Waals surface area contributed by atoms with Gasteiger partial charge in [0.1, 0.15) is 0 Å². The van der Waals surface area contributed by atoms with Crippen LogP contribution in [-0.4, -0.2) is 17.5 Å². The maximum Gasteiger partial charge on any atom is 0.0810 e. The molecule has 1 aromatic rings. The maximum absolute atomic E-state index is 6.36. The highest BCUT2D eigenvalue weighted by atomic mass is 32.2. The molecule has 1 atom stereocenters. The van der Waals surface area contributed by atoms with Gasteiger partial charge in [-0.2, -0.15) is 0 Å². The molecule has 1 nitrogen and oxygen atoms in total. The van der Waals surface area contributed by atoms with E-state index < -0.39 is 0 Å². The molecule has 1 spiro atoms. The standard InChI is InChI=1S/C17H24OS/c1-16(2)13-18-17(11-7-4-8-12-17)15(16)19-14-9-5-3-6-10-14/h3,5-6,9-10,15H,4,7-8,11-13H2,1-2H3. The van der Waals surface area contributed by atoms with Crippen molar-refractivity contribution in [2.24, 2.45) is 5.41 Å². The second-order valence-corrected chi connectivity index (χ2v) is 7.89. The molecule has 1 aliphatic carbocycles. The zero-order chi connectivity index (χ0) is 13.3. The van der Waals surface area contributed by atoms with E-state index in [1.165, 1.54) is 37.0 Å². The molecule has 1 saturated carbocycles. The van der Waals surface area contributed by atoms with E-state index in [-0.39, 0.29) is 11.0 Å². The summed E-state index contributed by atoms with van der Waals surface area (Å²) in [6, 6.07) is 10.8. The van der Waals surface area contributed by atoms with Crippen LogP contribution < -0.4 is 0 Å². The van der Waals surface area contributed by atoms with Crippen LogP contribution in [-0.2, 0) is 4.74 Å². The maximum atomic E-state index is 6.36. The molecule has 1 unspecified atom stereocenters. The Kier molecular flexibility index (Phi) is 3.65. The van der Waals surface area contributed by atoms with Gasteiger partial charge in [0.2, 0.25) is 0 Å². The van der Waals surface area contributed by atoms with Crippen molar-refractivity contribution in [1.29, 1.82) is 0 Å². The number of hydrogen-bond donors (Lipinski definition) is 0. The molecule has 1 saturated heterocycles. The average molecular weight is 276 g/mol. The summed E-state index contributed by atoms with van der Waals surface area (Å²) in [6.45, 7) is 5.66. The van der Waals surface area contributed by atoms with E-state index in [9.17, 15) is 0 Å². The molecule has 1 aliphatic heterocycles. The van der Waals surface area contributed by atoms with Gasteiger partial charge in [-0.3, -0.25) is 0 Å². The van der Waals surface area contributed by atoms with Gasteiger partial charge in [0.05, 0.1) is 12.2 Å². The Morgan fingerprint density at radius 3 is 2.42 bits per heavy atom. The molecule has 1 heterocycles. The SMILES string of the molecule is CC1(C)COC2(CCCCC2)C1Sc1ccccc1. The molecule has 3 rings (SSSR count). The Morgan fingerprint density at radius 2 is 1.74 bits per heavy atom. The molecule has 0 bridgehead atoms. The van der Waals surface area contributed by atoms with E-state index in [0.717, 1.165) is 6.61 Å². The zero-order valence-electron chi connectivity index (χ0n) is 12.0. The first-order valence-corrected chi connectivity index (χ1v) is 8.36. The summed E-state index contributed by atoms with van der Waals surface area (Å²) in [5, 5.41) is 0.586. The fourth-order valence-corrected chi connectivity index (χ4v) is 5.14. The second-order valence-electron chi connectivity index (χ2n) is 6.71. The molecule has 0 radical (unpaired) electrons. The fourth-order valence-electron chi connectivity index (χ4n) is 3.65. The van der Waals surface area contributed by atoms with E-state index in [0.29, 0.717) is 5.25 Å². The van der Waals surface area contributed by atoms with Crippen LogP contribution in [0.4, 0.5) is 0 Å². The highest BCUT2D eigenvalue weighted by Gasteiger charge is 2.54. The molecule has 2 fully saturated rings. The van der Waals surface area contributed by atoms with Gasteiger partial charge in [0, 0.05) is 15.6 Å². The molecule has 104 valence electrons. The minimum Gasteiger partial charge on any atom is -0.373 e. The summed E-state index contributed by atoms with van der Waals surface area (Å²) in [5.41, 5.74) is 0.417. The van der Waals surface area contributed by atoms with Gasteiger partial charge in [-0.1, -0.05) is 51.3 Å². The molecular formula is C17H24OS. The van der Waals surface area contributed by atoms with Crippen molar-refractivity contribution in [3.8, 4) is 0 Å². The van der Waals surface area contributed by atoms with Crippen LogP contribution in [0.3, 0.4) is 0 Å².